The monoisotopic (exact) mass is 286 g/mol. The fraction of sp³-hybridized carbons (Fsp3) is 0.400. The standard InChI is InChI=1S/C15H18N4O2/c20-15(13-6-9-21-11-13)18-14(10-19-16-7-8-17-19)12-4-2-1-3-5-12/h1-5,7-8,13-14H,6,9-11H2,(H,18,20). The van der Waals surface area contributed by atoms with Crippen LogP contribution in [0.2, 0.25) is 0 Å². The summed E-state index contributed by atoms with van der Waals surface area (Å²) in [5.74, 6) is -0.0182. The average Bonchev–Trinajstić information content (AvgIpc) is 3.21. The maximum Gasteiger partial charge on any atom is 0.226 e. The minimum absolute atomic E-state index is 0.0357. The van der Waals surface area contributed by atoms with E-state index in [9.17, 15) is 4.79 Å². The van der Waals surface area contributed by atoms with Crippen LogP contribution < -0.4 is 5.32 Å². The SMILES string of the molecule is O=C(NC(Cn1nccn1)c1ccccc1)C1CCOC1. The predicted molar refractivity (Wildman–Crippen MR) is 76.3 cm³/mol. The van der Waals surface area contributed by atoms with E-state index in [1.807, 2.05) is 30.3 Å². The van der Waals surface area contributed by atoms with E-state index >= 15 is 0 Å². The minimum Gasteiger partial charge on any atom is -0.381 e. The molecule has 1 aliphatic heterocycles. The minimum atomic E-state index is -0.147. The molecule has 1 aromatic carbocycles. The van der Waals surface area contributed by atoms with Crippen molar-refractivity contribution in [1.29, 1.82) is 0 Å². The molecule has 0 spiro atoms. The first-order chi connectivity index (χ1) is 10.3. The van der Waals surface area contributed by atoms with Gasteiger partial charge in [-0.1, -0.05) is 30.3 Å². The average molecular weight is 286 g/mol. The number of hydrogen-bond donors (Lipinski definition) is 1. The molecular formula is C15H18N4O2. The van der Waals surface area contributed by atoms with Gasteiger partial charge in [0.05, 0.1) is 37.5 Å². The van der Waals surface area contributed by atoms with Crippen LogP contribution in [0.4, 0.5) is 0 Å². The molecule has 2 aromatic rings. The highest BCUT2D eigenvalue weighted by atomic mass is 16.5. The Morgan fingerprint density at radius 1 is 1.33 bits per heavy atom. The van der Waals surface area contributed by atoms with Crippen molar-refractivity contribution in [2.75, 3.05) is 13.2 Å². The number of amides is 1. The van der Waals surface area contributed by atoms with Gasteiger partial charge in [0.1, 0.15) is 0 Å². The van der Waals surface area contributed by atoms with Gasteiger partial charge in [0, 0.05) is 6.61 Å². The van der Waals surface area contributed by atoms with E-state index in [0.717, 1.165) is 12.0 Å². The van der Waals surface area contributed by atoms with Crippen molar-refractivity contribution in [3.05, 3.63) is 48.3 Å². The van der Waals surface area contributed by atoms with E-state index in [0.29, 0.717) is 19.8 Å². The first-order valence-corrected chi connectivity index (χ1v) is 7.10. The van der Waals surface area contributed by atoms with Crippen molar-refractivity contribution >= 4 is 5.91 Å². The van der Waals surface area contributed by atoms with Crippen molar-refractivity contribution in [2.45, 2.75) is 19.0 Å². The molecule has 3 rings (SSSR count). The van der Waals surface area contributed by atoms with Crippen LogP contribution in [0.25, 0.3) is 0 Å². The zero-order chi connectivity index (χ0) is 14.5. The molecule has 2 atom stereocenters. The molecule has 1 aliphatic rings. The molecule has 1 amide bonds. The second-order valence-corrected chi connectivity index (χ2v) is 5.12. The van der Waals surface area contributed by atoms with Gasteiger partial charge in [0.2, 0.25) is 5.91 Å². The first kappa shape index (κ1) is 13.8. The van der Waals surface area contributed by atoms with Gasteiger partial charge in [-0.25, -0.2) is 0 Å². The Balaban J connectivity index is 1.73. The quantitative estimate of drug-likeness (QED) is 0.896. The molecule has 110 valence electrons. The summed E-state index contributed by atoms with van der Waals surface area (Å²) in [7, 11) is 0. The molecule has 6 heteroatoms. The summed E-state index contributed by atoms with van der Waals surface area (Å²) < 4.78 is 5.28. The summed E-state index contributed by atoms with van der Waals surface area (Å²) in [5, 5.41) is 11.3. The van der Waals surface area contributed by atoms with Gasteiger partial charge < -0.3 is 10.1 Å². The molecule has 0 bridgehead atoms. The third-order valence-electron chi connectivity index (χ3n) is 3.63. The van der Waals surface area contributed by atoms with E-state index in [1.54, 1.807) is 17.2 Å². The largest absolute Gasteiger partial charge is 0.381 e. The van der Waals surface area contributed by atoms with Crippen molar-refractivity contribution in [2.24, 2.45) is 5.92 Å². The molecule has 1 N–H and O–H groups in total. The number of aromatic nitrogens is 3. The highest BCUT2D eigenvalue weighted by molar-refractivity contribution is 5.79. The Bertz CT molecular complexity index is 565. The van der Waals surface area contributed by atoms with Crippen molar-refractivity contribution in [3.63, 3.8) is 0 Å². The summed E-state index contributed by atoms with van der Waals surface area (Å²) in [6, 6.07) is 9.73. The smallest absolute Gasteiger partial charge is 0.226 e. The number of benzene rings is 1. The van der Waals surface area contributed by atoms with Crippen LogP contribution in [0.5, 0.6) is 0 Å². The Morgan fingerprint density at radius 2 is 2.10 bits per heavy atom. The molecular weight excluding hydrogens is 268 g/mol. The number of carbonyl (C=O) groups is 1. The molecule has 1 saturated heterocycles. The molecule has 0 aliphatic carbocycles. The lowest BCUT2D eigenvalue weighted by Gasteiger charge is -2.20. The summed E-state index contributed by atoms with van der Waals surface area (Å²) >= 11 is 0. The molecule has 0 radical (unpaired) electrons. The van der Waals surface area contributed by atoms with Crippen LogP contribution >= 0.6 is 0 Å². The zero-order valence-electron chi connectivity index (χ0n) is 11.7. The second-order valence-electron chi connectivity index (χ2n) is 5.12. The summed E-state index contributed by atoms with van der Waals surface area (Å²) in [5.41, 5.74) is 1.04. The molecule has 1 fully saturated rings. The number of hydrogen-bond acceptors (Lipinski definition) is 4. The number of nitrogens with zero attached hydrogens (tertiary/aromatic N) is 3. The van der Waals surface area contributed by atoms with Gasteiger partial charge in [0.15, 0.2) is 0 Å². The van der Waals surface area contributed by atoms with Gasteiger partial charge in [-0.05, 0) is 12.0 Å². The molecule has 2 unspecified atom stereocenters. The molecule has 21 heavy (non-hydrogen) atoms. The van der Waals surface area contributed by atoms with E-state index in [1.165, 1.54) is 0 Å². The predicted octanol–water partition coefficient (Wildman–Crippen LogP) is 1.17. The summed E-state index contributed by atoms with van der Waals surface area (Å²) in [6.45, 7) is 1.68. The van der Waals surface area contributed by atoms with Crippen LogP contribution in [0.15, 0.2) is 42.7 Å². The third kappa shape index (κ3) is 3.46. The van der Waals surface area contributed by atoms with Crippen molar-refractivity contribution < 1.29 is 9.53 Å². The highest BCUT2D eigenvalue weighted by Crippen LogP contribution is 2.18. The molecule has 6 nitrogen and oxygen atoms in total. The van der Waals surface area contributed by atoms with Gasteiger partial charge in [-0.3, -0.25) is 4.79 Å². The number of ether oxygens (including phenoxy) is 1. The van der Waals surface area contributed by atoms with Crippen LogP contribution in [-0.2, 0) is 16.1 Å². The van der Waals surface area contributed by atoms with Crippen LogP contribution in [0.1, 0.15) is 18.0 Å². The van der Waals surface area contributed by atoms with Crippen LogP contribution in [0, 0.1) is 5.92 Å². The topological polar surface area (TPSA) is 69.0 Å². The maximum atomic E-state index is 12.3. The summed E-state index contributed by atoms with van der Waals surface area (Å²) in [4.78, 5) is 13.9. The Hall–Kier alpha value is -2.21. The number of carbonyl (C=O) groups excluding carboxylic acids is 1. The maximum absolute atomic E-state index is 12.3. The fourth-order valence-electron chi connectivity index (χ4n) is 2.45. The first-order valence-electron chi connectivity index (χ1n) is 7.10. The van der Waals surface area contributed by atoms with Crippen molar-refractivity contribution in [3.8, 4) is 0 Å². The third-order valence-corrected chi connectivity index (χ3v) is 3.63. The van der Waals surface area contributed by atoms with Gasteiger partial charge >= 0.3 is 0 Å². The van der Waals surface area contributed by atoms with E-state index in [4.69, 9.17) is 4.74 Å². The normalized spacial score (nSPS) is 19.3. The fourth-order valence-corrected chi connectivity index (χ4v) is 2.45. The lowest BCUT2D eigenvalue weighted by Crippen LogP contribution is -2.36. The number of nitrogens with one attached hydrogen (secondary N) is 1. The molecule has 1 aromatic heterocycles. The summed E-state index contributed by atoms with van der Waals surface area (Å²) in [6.07, 6.45) is 4.05. The lowest BCUT2D eigenvalue weighted by atomic mass is 10.0. The van der Waals surface area contributed by atoms with Crippen molar-refractivity contribution in [1.82, 2.24) is 20.3 Å². The Kier molecular flexibility index (Phi) is 4.25. The Labute approximate surface area is 123 Å². The van der Waals surface area contributed by atoms with Gasteiger partial charge in [0.25, 0.3) is 0 Å². The Morgan fingerprint density at radius 3 is 2.76 bits per heavy atom. The van der Waals surface area contributed by atoms with Gasteiger partial charge in [-0.15, -0.1) is 0 Å². The van der Waals surface area contributed by atoms with E-state index < -0.39 is 0 Å². The number of rotatable bonds is 5. The second kappa shape index (κ2) is 6.49. The van der Waals surface area contributed by atoms with E-state index in [-0.39, 0.29) is 17.9 Å². The van der Waals surface area contributed by atoms with Gasteiger partial charge in [-0.2, -0.15) is 15.0 Å². The van der Waals surface area contributed by atoms with Crippen LogP contribution in [0.3, 0.4) is 0 Å². The lowest BCUT2D eigenvalue weighted by molar-refractivity contribution is -0.125. The molecule has 0 saturated carbocycles. The van der Waals surface area contributed by atoms with Crippen LogP contribution in [-0.4, -0.2) is 34.1 Å². The van der Waals surface area contributed by atoms with E-state index in [2.05, 4.69) is 15.5 Å². The highest BCUT2D eigenvalue weighted by Gasteiger charge is 2.26. The molecule has 2 heterocycles. The zero-order valence-corrected chi connectivity index (χ0v) is 11.7.